The van der Waals surface area contributed by atoms with Gasteiger partial charge in [0.25, 0.3) is 5.56 Å². The summed E-state index contributed by atoms with van der Waals surface area (Å²) in [5.41, 5.74) is -2.87. The van der Waals surface area contributed by atoms with Crippen LogP contribution in [-0.4, -0.2) is 48.7 Å². The van der Waals surface area contributed by atoms with Gasteiger partial charge < -0.3 is 19.6 Å². The van der Waals surface area contributed by atoms with E-state index in [9.17, 15) is 32.4 Å². The maximum absolute atomic E-state index is 13.9. The van der Waals surface area contributed by atoms with Gasteiger partial charge in [-0.05, 0) is 0 Å². The van der Waals surface area contributed by atoms with E-state index in [2.05, 4.69) is 4.74 Å². The lowest BCUT2D eigenvalue weighted by Gasteiger charge is -2.20. The molecule has 1 aliphatic heterocycles. The number of ether oxygens (including phenoxy) is 1. The second-order valence-electron chi connectivity index (χ2n) is 4.64. The number of H-pyrrole nitrogens is 1. The van der Waals surface area contributed by atoms with Crippen molar-refractivity contribution in [2.75, 3.05) is 6.16 Å². The minimum Gasteiger partial charge on any atom is -0.384 e. The van der Waals surface area contributed by atoms with Crippen molar-refractivity contribution in [1.29, 1.82) is 0 Å². The number of aliphatic hydroxyl groups excluding tert-OH is 1. The maximum Gasteiger partial charge on any atom is 0.330 e. The number of hydrogen-bond donors (Lipinski definition) is 4. The Labute approximate surface area is 119 Å². The Morgan fingerprint density at radius 2 is 2.00 bits per heavy atom. The SMILES string of the molecule is O=c1[nH]c(=O)n([C@@H]2O[C@H](CP(=O)(O)O)[C@@H](O)C2(F)F)cc1F. The molecular formula is C9H10F3N2O7P. The zero-order valence-electron chi connectivity index (χ0n) is 10.5. The van der Waals surface area contributed by atoms with Gasteiger partial charge in [0.2, 0.25) is 12.0 Å². The fraction of sp³-hybridized carbons (Fsp3) is 0.556. The lowest BCUT2D eigenvalue weighted by molar-refractivity contribution is -0.141. The number of nitrogens with one attached hydrogen (secondary N) is 1. The fourth-order valence-corrected chi connectivity index (χ4v) is 2.74. The summed E-state index contributed by atoms with van der Waals surface area (Å²) in [6, 6.07) is 0. The molecule has 0 unspecified atom stereocenters. The molecule has 2 heterocycles. The monoisotopic (exact) mass is 346 g/mol. The van der Waals surface area contributed by atoms with Crippen molar-refractivity contribution in [3.8, 4) is 0 Å². The van der Waals surface area contributed by atoms with Crippen LogP contribution in [0.4, 0.5) is 13.2 Å². The third kappa shape index (κ3) is 3.01. The number of aromatic amines is 1. The summed E-state index contributed by atoms with van der Waals surface area (Å²) in [4.78, 5) is 41.3. The number of aliphatic hydroxyl groups is 1. The van der Waals surface area contributed by atoms with E-state index in [-0.39, 0.29) is 10.8 Å². The molecule has 1 aromatic heterocycles. The predicted octanol–water partition coefficient (Wildman–Crippen LogP) is -1.25. The van der Waals surface area contributed by atoms with Crippen LogP contribution in [0.2, 0.25) is 0 Å². The molecule has 1 saturated heterocycles. The van der Waals surface area contributed by atoms with Gasteiger partial charge in [0.1, 0.15) is 12.2 Å². The molecule has 9 nitrogen and oxygen atoms in total. The van der Waals surface area contributed by atoms with Crippen LogP contribution in [0.25, 0.3) is 0 Å². The van der Waals surface area contributed by atoms with Crippen LogP contribution in [0.5, 0.6) is 0 Å². The van der Waals surface area contributed by atoms with Crippen LogP contribution in [0, 0.1) is 5.82 Å². The van der Waals surface area contributed by atoms with E-state index in [1.807, 2.05) is 0 Å². The molecule has 124 valence electrons. The van der Waals surface area contributed by atoms with Crippen molar-refractivity contribution >= 4 is 7.60 Å². The number of hydrogen-bond acceptors (Lipinski definition) is 5. The molecule has 4 N–H and O–H groups in total. The van der Waals surface area contributed by atoms with Gasteiger partial charge in [-0.1, -0.05) is 0 Å². The Bertz CT molecular complexity index is 741. The minimum atomic E-state index is -4.79. The largest absolute Gasteiger partial charge is 0.384 e. The Morgan fingerprint density at radius 3 is 2.55 bits per heavy atom. The average Bonchev–Trinajstić information content (AvgIpc) is 2.56. The van der Waals surface area contributed by atoms with Gasteiger partial charge in [0.15, 0.2) is 0 Å². The molecule has 0 saturated carbocycles. The van der Waals surface area contributed by atoms with Crippen molar-refractivity contribution in [2.24, 2.45) is 0 Å². The van der Waals surface area contributed by atoms with Gasteiger partial charge in [-0.2, -0.15) is 13.2 Å². The first-order chi connectivity index (χ1) is 9.93. The van der Waals surface area contributed by atoms with E-state index in [4.69, 9.17) is 9.79 Å². The van der Waals surface area contributed by atoms with Crippen LogP contribution in [-0.2, 0) is 9.30 Å². The minimum absolute atomic E-state index is 0.000368. The molecule has 0 amide bonds. The van der Waals surface area contributed by atoms with Gasteiger partial charge >= 0.3 is 19.2 Å². The van der Waals surface area contributed by atoms with E-state index in [0.717, 1.165) is 0 Å². The highest BCUT2D eigenvalue weighted by Gasteiger charge is 2.60. The zero-order chi connectivity index (χ0) is 16.9. The average molecular weight is 346 g/mol. The van der Waals surface area contributed by atoms with Gasteiger partial charge in [0.05, 0.1) is 12.4 Å². The van der Waals surface area contributed by atoms with Crippen LogP contribution in [0.3, 0.4) is 0 Å². The summed E-state index contributed by atoms with van der Waals surface area (Å²) in [5.74, 6) is -5.69. The quantitative estimate of drug-likeness (QED) is 0.501. The van der Waals surface area contributed by atoms with E-state index >= 15 is 0 Å². The molecule has 0 aromatic carbocycles. The summed E-state index contributed by atoms with van der Waals surface area (Å²) >= 11 is 0. The summed E-state index contributed by atoms with van der Waals surface area (Å²) in [6.07, 6.45) is -8.21. The van der Waals surface area contributed by atoms with Gasteiger partial charge in [-0.25, -0.2) is 4.79 Å². The van der Waals surface area contributed by atoms with Crippen LogP contribution >= 0.6 is 7.60 Å². The van der Waals surface area contributed by atoms with Gasteiger partial charge in [-0.15, -0.1) is 0 Å². The lowest BCUT2D eigenvalue weighted by atomic mass is 10.1. The molecule has 0 radical (unpaired) electrons. The molecular weight excluding hydrogens is 336 g/mol. The highest BCUT2D eigenvalue weighted by molar-refractivity contribution is 7.51. The first kappa shape index (κ1) is 16.9. The number of halogens is 3. The molecule has 1 fully saturated rings. The molecule has 0 bridgehead atoms. The molecule has 0 spiro atoms. The molecule has 13 heteroatoms. The van der Waals surface area contributed by atoms with Crippen molar-refractivity contribution in [2.45, 2.75) is 24.4 Å². The van der Waals surface area contributed by atoms with E-state index < -0.39 is 55.2 Å². The van der Waals surface area contributed by atoms with E-state index in [0.29, 0.717) is 0 Å². The van der Waals surface area contributed by atoms with E-state index in [1.54, 1.807) is 0 Å². The number of rotatable bonds is 3. The topological polar surface area (TPSA) is 142 Å². The van der Waals surface area contributed by atoms with Gasteiger partial charge in [0, 0.05) is 0 Å². The molecule has 1 aromatic rings. The third-order valence-corrected chi connectivity index (χ3v) is 3.81. The predicted molar refractivity (Wildman–Crippen MR) is 63.1 cm³/mol. The standard InChI is InChI=1S/C9H10F3N2O7P/c10-3-1-14(8(17)13-6(3)16)7-9(11,12)5(15)4(21-7)2-22(18,19)20/h1,4-5,7,15H,2H2,(H,13,16,17)(H2,18,19,20)/t4-,5-,7-/m1/s1. The Balaban J connectivity index is 2.44. The fourth-order valence-electron chi connectivity index (χ4n) is 1.99. The second-order valence-corrected chi connectivity index (χ2v) is 6.33. The maximum atomic E-state index is 13.9. The summed E-state index contributed by atoms with van der Waals surface area (Å²) in [7, 11) is -4.79. The van der Waals surface area contributed by atoms with Crippen molar-refractivity contribution in [3.05, 3.63) is 32.9 Å². The normalized spacial score (nSPS) is 28.0. The van der Waals surface area contributed by atoms with Crippen LogP contribution < -0.4 is 11.2 Å². The number of alkyl halides is 2. The molecule has 2 rings (SSSR count). The van der Waals surface area contributed by atoms with Crippen molar-refractivity contribution in [1.82, 2.24) is 9.55 Å². The van der Waals surface area contributed by atoms with E-state index in [1.165, 1.54) is 4.98 Å². The summed E-state index contributed by atoms with van der Waals surface area (Å²) in [5, 5.41) is 9.43. The number of nitrogens with zero attached hydrogens (tertiary/aromatic N) is 1. The Morgan fingerprint density at radius 1 is 1.41 bits per heavy atom. The molecule has 0 aliphatic carbocycles. The van der Waals surface area contributed by atoms with Crippen molar-refractivity contribution in [3.63, 3.8) is 0 Å². The Hall–Kier alpha value is -1.46. The summed E-state index contributed by atoms with van der Waals surface area (Å²) < 4.78 is 56.4. The third-order valence-electron chi connectivity index (χ3n) is 2.97. The highest BCUT2D eigenvalue weighted by Crippen LogP contribution is 2.47. The van der Waals surface area contributed by atoms with Crippen LogP contribution in [0.15, 0.2) is 15.8 Å². The summed E-state index contributed by atoms with van der Waals surface area (Å²) in [6.45, 7) is 0. The molecule has 22 heavy (non-hydrogen) atoms. The van der Waals surface area contributed by atoms with Gasteiger partial charge in [-0.3, -0.25) is 18.9 Å². The molecule has 3 atom stereocenters. The smallest absolute Gasteiger partial charge is 0.330 e. The van der Waals surface area contributed by atoms with Crippen LogP contribution in [0.1, 0.15) is 6.23 Å². The van der Waals surface area contributed by atoms with Crippen molar-refractivity contribution < 1.29 is 37.4 Å². The first-order valence-electron chi connectivity index (χ1n) is 5.70. The Kier molecular flexibility index (Phi) is 4.09. The second kappa shape index (κ2) is 5.32. The lowest BCUT2D eigenvalue weighted by Crippen LogP contribution is -2.43. The molecule has 1 aliphatic rings. The first-order valence-corrected chi connectivity index (χ1v) is 7.50. The zero-order valence-corrected chi connectivity index (χ0v) is 11.4. The highest BCUT2D eigenvalue weighted by atomic mass is 31.2. The number of aromatic nitrogens is 2.